The van der Waals surface area contributed by atoms with Gasteiger partial charge in [0.2, 0.25) is 0 Å². The molecule has 0 aliphatic rings. The Morgan fingerprint density at radius 3 is 2.93 bits per heavy atom. The Morgan fingerprint density at radius 1 is 1.33 bits per heavy atom. The van der Waals surface area contributed by atoms with Crippen LogP contribution in [0, 0.1) is 0 Å². The summed E-state index contributed by atoms with van der Waals surface area (Å²) in [6, 6.07) is 7.12. The molecule has 0 bridgehead atoms. The molecule has 0 aliphatic heterocycles. The molecule has 76 valence electrons. The van der Waals surface area contributed by atoms with Crippen molar-refractivity contribution >= 4 is 16.9 Å². The molecule has 2 heterocycles. The molecule has 2 aromatic heterocycles. The number of aromatic nitrogens is 1. The van der Waals surface area contributed by atoms with Crippen LogP contribution in [-0.4, -0.2) is 9.19 Å². The normalized spacial score (nSPS) is 13.1. The van der Waals surface area contributed by atoms with Crippen molar-refractivity contribution in [1.82, 2.24) is 4.98 Å². The lowest BCUT2D eigenvalue weighted by atomic mass is 10.5. The summed E-state index contributed by atoms with van der Waals surface area (Å²) in [6.07, 6.45) is 6.50. The van der Waals surface area contributed by atoms with Crippen LogP contribution in [0.3, 0.4) is 0 Å². The minimum atomic E-state index is -1.17. The third-order valence-corrected chi connectivity index (χ3v) is 2.86. The summed E-state index contributed by atoms with van der Waals surface area (Å²) < 4.78 is 16.8. The zero-order valence-electron chi connectivity index (χ0n) is 7.87. The average molecular weight is 219 g/mol. The predicted octanol–water partition coefficient (Wildman–Crippen LogP) is 2.45. The lowest BCUT2D eigenvalue weighted by Gasteiger charge is -1.93. The Bertz CT molecular complexity index is 463. The van der Waals surface area contributed by atoms with E-state index in [0.29, 0.717) is 10.7 Å². The molecule has 0 fully saturated rings. The Kier molecular flexibility index (Phi) is 3.09. The quantitative estimate of drug-likeness (QED) is 0.796. The van der Waals surface area contributed by atoms with E-state index >= 15 is 0 Å². The van der Waals surface area contributed by atoms with E-state index < -0.39 is 10.8 Å². The molecule has 1 unspecified atom stereocenters. The topological polar surface area (TPSA) is 43.1 Å². The van der Waals surface area contributed by atoms with Crippen LogP contribution in [0.4, 0.5) is 0 Å². The molecular weight excluding hydrogens is 210 g/mol. The summed E-state index contributed by atoms with van der Waals surface area (Å²) in [4.78, 5) is 4.58. The highest BCUT2D eigenvalue weighted by molar-refractivity contribution is 7.88. The molecule has 0 radical (unpaired) electrons. The maximum atomic E-state index is 11.7. The summed E-state index contributed by atoms with van der Waals surface area (Å²) in [7, 11) is -1.17. The van der Waals surface area contributed by atoms with E-state index in [1.54, 1.807) is 54.4 Å². The molecule has 2 rings (SSSR count). The Hall–Kier alpha value is -1.68. The molecular formula is C11H9NO2S. The van der Waals surface area contributed by atoms with Crippen molar-refractivity contribution in [3.63, 3.8) is 0 Å². The maximum Gasteiger partial charge on any atom is 0.127 e. The third-order valence-electron chi connectivity index (χ3n) is 1.77. The molecule has 0 saturated carbocycles. The van der Waals surface area contributed by atoms with E-state index in [9.17, 15) is 4.21 Å². The van der Waals surface area contributed by atoms with Gasteiger partial charge in [0, 0.05) is 17.8 Å². The predicted molar refractivity (Wildman–Crippen MR) is 58.4 cm³/mol. The lowest BCUT2D eigenvalue weighted by molar-refractivity contribution is 0.557. The van der Waals surface area contributed by atoms with Crippen molar-refractivity contribution in [3.05, 3.63) is 54.1 Å². The van der Waals surface area contributed by atoms with Crippen molar-refractivity contribution in [3.8, 4) is 0 Å². The molecule has 0 spiro atoms. The van der Waals surface area contributed by atoms with E-state index in [1.165, 1.54) is 0 Å². The summed E-state index contributed by atoms with van der Waals surface area (Å²) in [6.45, 7) is 0. The summed E-state index contributed by atoms with van der Waals surface area (Å²) in [5.41, 5.74) is 0. The van der Waals surface area contributed by atoms with Crippen LogP contribution in [0.1, 0.15) is 5.76 Å². The first kappa shape index (κ1) is 9.86. The minimum Gasteiger partial charge on any atom is -0.465 e. The zero-order valence-corrected chi connectivity index (χ0v) is 8.68. The number of rotatable bonds is 3. The van der Waals surface area contributed by atoms with Crippen molar-refractivity contribution in [2.24, 2.45) is 0 Å². The van der Waals surface area contributed by atoms with Crippen LogP contribution in [-0.2, 0) is 10.8 Å². The fourth-order valence-corrected chi connectivity index (χ4v) is 1.85. The highest BCUT2D eigenvalue weighted by atomic mass is 32.2. The van der Waals surface area contributed by atoms with E-state index in [0.717, 1.165) is 0 Å². The van der Waals surface area contributed by atoms with Crippen LogP contribution < -0.4 is 0 Å². The Morgan fingerprint density at radius 2 is 2.27 bits per heavy atom. The molecule has 15 heavy (non-hydrogen) atoms. The fourth-order valence-electron chi connectivity index (χ4n) is 1.06. The molecule has 3 nitrogen and oxygen atoms in total. The molecule has 0 N–H and O–H groups in total. The number of hydrogen-bond donors (Lipinski definition) is 0. The van der Waals surface area contributed by atoms with Gasteiger partial charge in [0.05, 0.1) is 22.0 Å². The van der Waals surface area contributed by atoms with Crippen molar-refractivity contribution < 1.29 is 8.63 Å². The van der Waals surface area contributed by atoms with E-state index in [-0.39, 0.29) is 0 Å². The first-order chi connectivity index (χ1) is 7.36. The van der Waals surface area contributed by atoms with Crippen LogP contribution in [0.15, 0.2) is 57.6 Å². The maximum absolute atomic E-state index is 11.7. The number of pyridine rings is 1. The van der Waals surface area contributed by atoms with Gasteiger partial charge >= 0.3 is 0 Å². The smallest absolute Gasteiger partial charge is 0.127 e. The van der Waals surface area contributed by atoms with Gasteiger partial charge in [-0.15, -0.1) is 0 Å². The lowest BCUT2D eigenvalue weighted by Crippen LogP contribution is -1.86. The molecule has 0 amide bonds. The standard InChI is InChI=1S/C11H9NO2S/c13-15(11-4-1-6-12-9-11)8-5-10-3-2-7-14-10/h1-9H/b8-5+. The molecule has 0 aliphatic carbocycles. The molecule has 0 aromatic carbocycles. The van der Waals surface area contributed by atoms with Gasteiger partial charge in [-0.3, -0.25) is 4.98 Å². The largest absolute Gasteiger partial charge is 0.465 e. The average Bonchev–Trinajstić information content (AvgIpc) is 2.80. The second-order valence-corrected chi connectivity index (χ2v) is 4.14. The van der Waals surface area contributed by atoms with Gasteiger partial charge in [-0.05, 0) is 30.3 Å². The SMILES string of the molecule is O=S(/C=C/c1ccco1)c1cccnc1. The summed E-state index contributed by atoms with van der Waals surface area (Å²) in [5, 5.41) is 1.58. The van der Waals surface area contributed by atoms with Gasteiger partial charge in [-0.1, -0.05) is 0 Å². The Balaban J connectivity index is 2.11. The highest BCUT2D eigenvalue weighted by Crippen LogP contribution is 2.08. The van der Waals surface area contributed by atoms with E-state index in [1.807, 2.05) is 0 Å². The van der Waals surface area contributed by atoms with Crippen molar-refractivity contribution in [2.45, 2.75) is 4.90 Å². The van der Waals surface area contributed by atoms with E-state index in [4.69, 9.17) is 4.42 Å². The molecule has 2 aromatic rings. The van der Waals surface area contributed by atoms with Crippen LogP contribution in [0.2, 0.25) is 0 Å². The van der Waals surface area contributed by atoms with Crippen molar-refractivity contribution in [2.75, 3.05) is 0 Å². The molecule has 1 atom stereocenters. The molecule has 4 heteroatoms. The van der Waals surface area contributed by atoms with Crippen LogP contribution >= 0.6 is 0 Å². The van der Waals surface area contributed by atoms with Gasteiger partial charge in [-0.25, -0.2) is 4.21 Å². The Labute approximate surface area is 89.9 Å². The van der Waals surface area contributed by atoms with Gasteiger partial charge in [0.1, 0.15) is 5.76 Å². The van der Waals surface area contributed by atoms with Gasteiger partial charge in [-0.2, -0.15) is 0 Å². The zero-order chi connectivity index (χ0) is 10.5. The molecule has 0 saturated heterocycles. The third kappa shape index (κ3) is 2.63. The van der Waals surface area contributed by atoms with Gasteiger partial charge in [0.15, 0.2) is 0 Å². The minimum absolute atomic E-state index is 0.681. The van der Waals surface area contributed by atoms with E-state index in [2.05, 4.69) is 4.98 Å². The van der Waals surface area contributed by atoms with Crippen molar-refractivity contribution in [1.29, 1.82) is 0 Å². The number of hydrogen-bond acceptors (Lipinski definition) is 3. The van der Waals surface area contributed by atoms with Crippen LogP contribution in [0.25, 0.3) is 6.08 Å². The van der Waals surface area contributed by atoms with Crippen LogP contribution in [0.5, 0.6) is 0 Å². The van der Waals surface area contributed by atoms with Gasteiger partial charge < -0.3 is 4.42 Å². The van der Waals surface area contributed by atoms with Gasteiger partial charge in [0.25, 0.3) is 0 Å². The summed E-state index contributed by atoms with van der Waals surface area (Å²) in [5.74, 6) is 0.687. The second kappa shape index (κ2) is 4.70. The second-order valence-electron chi connectivity index (χ2n) is 2.80. The number of furan rings is 1. The monoisotopic (exact) mass is 219 g/mol. The fraction of sp³-hybridized carbons (Fsp3) is 0. The first-order valence-corrected chi connectivity index (χ1v) is 5.60. The highest BCUT2D eigenvalue weighted by Gasteiger charge is 1.98. The summed E-state index contributed by atoms with van der Waals surface area (Å²) >= 11 is 0. The first-order valence-electron chi connectivity index (χ1n) is 4.38. The number of nitrogens with zero attached hydrogens (tertiary/aromatic N) is 1.